The van der Waals surface area contributed by atoms with Gasteiger partial charge in [0.25, 0.3) is 11.8 Å². The molecule has 0 radical (unpaired) electrons. The third kappa shape index (κ3) is 5.84. The van der Waals surface area contributed by atoms with Crippen LogP contribution < -0.4 is 10.6 Å². The Balaban J connectivity index is 2.91. The van der Waals surface area contributed by atoms with Crippen molar-refractivity contribution in [1.82, 2.24) is 10.6 Å². The summed E-state index contributed by atoms with van der Waals surface area (Å²) in [5, 5.41) is 1.83. The highest BCUT2D eigenvalue weighted by molar-refractivity contribution is 5.85. The van der Waals surface area contributed by atoms with Crippen molar-refractivity contribution in [3.63, 3.8) is 0 Å². The van der Waals surface area contributed by atoms with Crippen molar-refractivity contribution < 1.29 is 88.6 Å². The van der Waals surface area contributed by atoms with Crippen molar-refractivity contribution in [3.8, 4) is 0 Å². The molecule has 2 amide bonds. The first-order chi connectivity index (χ1) is 17.5. The summed E-state index contributed by atoms with van der Waals surface area (Å²) in [5.74, 6) is -49.0. The first-order valence-electron chi connectivity index (χ1n) is 9.55. The van der Waals surface area contributed by atoms with Gasteiger partial charge in [-0.2, -0.15) is 79.0 Å². The maximum atomic E-state index is 13.5. The van der Waals surface area contributed by atoms with Crippen LogP contribution in [0.15, 0.2) is 24.3 Å². The summed E-state index contributed by atoms with van der Waals surface area (Å²) in [6, 6.07) is 2.69. The molecule has 1 rings (SSSR count). The van der Waals surface area contributed by atoms with Gasteiger partial charge in [-0.05, 0) is 11.1 Å². The van der Waals surface area contributed by atoms with Crippen LogP contribution in [0.5, 0.6) is 0 Å². The molecule has 1 aromatic rings. The van der Waals surface area contributed by atoms with E-state index in [9.17, 15) is 88.6 Å². The van der Waals surface area contributed by atoms with Gasteiger partial charge in [0.2, 0.25) is 0 Å². The van der Waals surface area contributed by atoms with E-state index in [1.807, 2.05) is 0 Å². The maximum absolute atomic E-state index is 13.5. The lowest BCUT2D eigenvalue weighted by Gasteiger charge is -2.32. The van der Waals surface area contributed by atoms with Crippen LogP contribution in [-0.4, -0.2) is 59.7 Å². The molecule has 2 N–H and O–H groups in total. The summed E-state index contributed by atoms with van der Waals surface area (Å²) in [4.78, 5) is 22.5. The number of halogens is 18. The number of nitrogens with one attached hydrogen (secondary N) is 2. The third-order valence-electron chi connectivity index (χ3n) is 4.79. The van der Waals surface area contributed by atoms with Gasteiger partial charge in [-0.3, -0.25) is 9.59 Å². The van der Waals surface area contributed by atoms with Gasteiger partial charge in [0, 0.05) is 13.1 Å². The van der Waals surface area contributed by atoms with E-state index < -0.39 is 83.9 Å². The molecule has 40 heavy (non-hydrogen) atoms. The van der Waals surface area contributed by atoms with E-state index in [0.717, 1.165) is 10.6 Å². The monoisotopic (exact) mass is 628 g/mol. The van der Waals surface area contributed by atoms with E-state index in [1.54, 1.807) is 0 Å². The molecule has 0 fully saturated rings. The first-order valence-corrected chi connectivity index (χ1v) is 9.55. The van der Waals surface area contributed by atoms with Crippen molar-refractivity contribution in [2.24, 2.45) is 0 Å². The summed E-state index contributed by atoms with van der Waals surface area (Å²) >= 11 is 0. The number of alkyl halides is 18. The molecule has 0 saturated carbocycles. The van der Waals surface area contributed by atoms with Crippen LogP contribution in [0.25, 0.3) is 0 Å². The molecule has 1 aromatic carbocycles. The minimum atomic E-state index is -7.35. The van der Waals surface area contributed by atoms with Gasteiger partial charge >= 0.3 is 47.9 Å². The lowest BCUT2D eigenvalue weighted by Crippen LogP contribution is -2.65. The second-order valence-electron chi connectivity index (χ2n) is 7.62. The second-order valence-corrected chi connectivity index (χ2v) is 7.62. The number of carbonyl (C=O) groups excluding carboxylic acids is 2. The fraction of sp³-hybridized carbons (Fsp3) is 0.556. The van der Waals surface area contributed by atoms with E-state index in [4.69, 9.17) is 0 Å². The lowest BCUT2D eigenvalue weighted by molar-refractivity contribution is -0.388. The largest absolute Gasteiger partial charge is 0.460 e. The Labute approximate surface area is 208 Å². The van der Waals surface area contributed by atoms with Crippen LogP contribution in [0.2, 0.25) is 0 Å². The number of carbonyl (C=O) groups is 2. The molecule has 0 aliphatic carbocycles. The molecule has 0 saturated heterocycles. The highest BCUT2D eigenvalue weighted by Crippen LogP contribution is 2.54. The minimum Gasteiger partial charge on any atom is -0.347 e. The quantitative estimate of drug-likeness (QED) is 0.320. The Bertz CT molecular complexity index is 991. The van der Waals surface area contributed by atoms with Crippen LogP contribution >= 0.6 is 0 Å². The standard InChI is InChI=1S/C18H10F18N2O2/c19-11(20,13(23,24)15(27,28)17(31,32)33)9(39)37-5-7-1-2-8(4-3-7)6-38-10(40)12(21,22)14(25,26)16(29,30)18(34,35)36/h1-4H,5-6H2,(H,37,39)(H,38,40). The zero-order valence-corrected chi connectivity index (χ0v) is 18.3. The Morgan fingerprint density at radius 2 is 0.675 bits per heavy atom. The molecule has 0 aromatic heterocycles. The van der Waals surface area contributed by atoms with E-state index in [2.05, 4.69) is 0 Å². The van der Waals surface area contributed by atoms with Crippen molar-refractivity contribution in [3.05, 3.63) is 35.4 Å². The fourth-order valence-corrected chi connectivity index (χ4v) is 2.40. The van der Waals surface area contributed by atoms with Crippen LogP contribution in [0.4, 0.5) is 79.0 Å². The molecule has 0 aliphatic rings. The second kappa shape index (κ2) is 10.4. The smallest absolute Gasteiger partial charge is 0.347 e. The van der Waals surface area contributed by atoms with Gasteiger partial charge in [0.05, 0.1) is 0 Å². The van der Waals surface area contributed by atoms with Crippen molar-refractivity contribution in [2.75, 3.05) is 0 Å². The maximum Gasteiger partial charge on any atom is 0.460 e. The van der Waals surface area contributed by atoms with Crippen LogP contribution in [0, 0.1) is 0 Å². The van der Waals surface area contributed by atoms with Crippen LogP contribution in [-0.2, 0) is 22.7 Å². The molecular formula is C18H10F18N2O2. The molecule has 0 heterocycles. The summed E-state index contributed by atoms with van der Waals surface area (Å²) in [7, 11) is 0. The number of hydrogen-bond donors (Lipinski definition) is 2. The fourth-order valence-electron chi connectivity index (χ4n) is 2.40. The highest BCUT2D eigenvalue weighted by atomic mass is 19.4. The lowest BCUT2D eigenvalue weighted by atomic mass is 10.0. The van der Waals surface area contributed by atoms with Crippen molar-refractivity contribution in [1.29, 1.82) is 0 Å². The number of benzene rings is 1. The molecule has 4 nitrogen and oxygen atoms in total. The van der Waals surface area contributed by atoms with Crippen molar-refractivity contribution >= 4 is 11.8 Å². The molecule has 0 unspecified atom stereocenters. The summed E-state index contributed by atoms with van der Waals surface area (Å²) in [5.41, 5.74) is -0.876. The van der Waals surface area contributed by atoms with Gasteiger partial charge < -0.3 is 10.6 Å². The summed E-state index contributed by atoms with van der Waals surface area (Å²) in [6.07, 6.45) is -14.4. The first kappa shape index (κ1) is 34.9. The molecular weight excluding hydrogens is 618 g/mol. The third-order valence-corrected chi connectivity index (χ3v) is 4.79. The highest BCUT2D eigenvalue weighted by Gasteiger charge is 2.84. The molecule has 0 bridgehead atoms. The Morgan fingerprint density at radius 3 is 0.875 bits per heavy atom. The summed E-state index contributed by atoms with van der Waals surface area (Å²) < 4.78 is 230. The predicted molar refractivity (Wildman–Crippen MR) is 91.9 cm³/mol. The average molecular weight is 628 g/mol. The van der Waals surface area contributed by atoms with Gasteiger partial charge in [-0.25, -0.2) is 0 Å². The molecule has 22 heteroatoms. The molecule has 0 atom stereocenters. The van der Waals surface area contributed by atoms with Crippen LogP contribution in [0.3, 0.4) is 0 Å². The van der Waals surface area contributed by atoms with Crippen LogP contribution in [0.1, 0.15) is 11.1 Å². The predicted octanol–water partition coefficient (Wildman–Crippen LogP) is 5.86. The Kier molecular flexibility index (Phi) is 9.06. The zero-order chi connectivity index (χ0) is 32.0. The summed E-state index contributed by atoms with van der Waals surface area (Å²) in [6.45, 7) is -2.54. The SMILES string of the molecule is O=C(NCc1ccc(CNC(=O)C(F)(F)C(F)(F)C(F)(F)C(F)(F)F)cc1)C(F)(F)C(F)(F)C(F)(F)C(F)(F)F. The number of amides is 2. The van der Waals surface area contributed by atoms with E-state index in [-0.39, 0.29) is 0 Å². The van der Waals surface area contributed by atoms with E-state index >= 15 is 0 Å². The van der Waals surface area contributed by atoms with E-state index in [0.29, 0.717) is 24.3 Å². The van der Waals surface area contributed by atoms with Crippen molar-refractivity contribution in [2.45, 2.75) is 61.0 Å². The molecule has 0 aliphatic heterocycles. The van der Waals surface area contributed by atoms with Gasteiger partial charge in [-0.1, -0.05) is 24.3 Å². The zero-order valence-electron chi connectivity index (χ0n) is 18.3. The molecule has 0 spiro atoms. The number of rotatable bonds is 10. The topological polar surface area (TPSA) is 58.2 Å². The van der Waals surface area contributed by atoms with E-state index in [1.165, 1.54) is 0 Å². The minimum absolute atomic E-state index is 0.438. The number of hydrogen-bond acceptors (Lipinski definition) is 2. The normalized spacial score (nSPS) is 14.7. The average Bonchev–Trinajstić information content (AvgIpc) is 2.79. The van der Waals surface area contributed by atoms with Gasteiger partial charge in [0.15, 0.2) is 0 Å². The van der Waals surface area contributed by atoms with Gasteiger partial charge in [0.1, 0.15) is 0 Å². The van der Waals surface area contributed by atoms with Gasteiger partial charge in [-0.15, -0.1) is 0 Å². The molecule has 230 valence electrons. The Morgan fingerprint density at radius 1 is 0.450 bits per heavy atom. The Hall–Kier alpha value is -3.10.